The number of thiophene rings is 1. The van der Waals surface area contributed by atoms with Crippen LogP contribution in [0, 0.1) is 5.92 Å². The van der Waals surface area contributed by atoms with E-state index in [0.29, 0.717) is 17.8 Å². The number of fused-ring (bicyclic) bond motifs is 1. The van der Waals surface area contributed by atoms with Crippen molar-refractivity contribution in [1.82, 2.24) is 25.1 Å². The third-order valence-electron chi connectivity index (χ3n) is 5.03. The summed E-state index contributed by atoms with van der Waals surface area (Å²) in [6.45, 7) is 1.08. The molecular formula is C16H21N5OS. The summed E-state index contributed by atoms with van der Waals surface area (Å²) >= 11 is 1.58. The molecule has 1 amide bonds. The minimum atomic E-state index is 0.136. The van der Waals surface area contributed by atoms with Crippen molar-refractivity contribution in [2.75, 3.05) is 6.54 Å². The monoisotopic (exact) mass is 331 g/mol. The van der Waals surface area contributed by atoms with E-state index in [2.05, 4.69) is 20.3 Å². The lowest BCUT2D eigenvalue weighted by molar-refractivity contribution is -0.138. The number of amides is 1. The van der Waals surface area contributed by atoms with E-state index in [4.69, 9.17) is 0 Å². The maximum absolute atomic E-state index is 12.7. The van der Waals surface area contributed by atoms with Gasteiger partial charge in [-0.05, 0) is 48.3 Å². The largest absolute Gasteiger partial charge is 0.338 e. The summed E-state index contributed by atoms with van der Waals surface area (Å²) in [5, 5.41) is 14.4. The van der Waals surface area contributed by atoms with Crippen LogP contribution in [-0.2, 0) is 11.3 Å². The van der Waals surface area contributed by atoms with Crippen LogP contribution in [0.5, 0.6) is 0 Å². The van der Waals surface area contributed by atoms with Gasteiger partial charge in [-0.1, -0.05) is 18.9 Å². The summed E-state index contributed by atoms with van der Waals surface area (Å²) in [6.07, 6.45) is 7.39. The molecule has 1 aliphatic carbocycles. The van der Waals surface area contributed by atoms with Gasteiger partial charge in [0.2, 0.25) is 11.7 Å². The Balaban J connectivity index is 1.45. The topological polar surface area (TPSA) is 63.9 Å². The molecule has 2 atom stereocenters. The molecule has 0 radical (unpaired) electrons. The lowest BCUT2D eigenvalue weighted by Crippen LogP contribution is -2.50. The lowest BCUT2D eigenvalue weighted by atomic mass is 9.78. The van der Waals surface area contributed by atoms with Crippen LogP contribution in [0.3, 0.4) is 0 Å². The Kier molecular flexibility index (Phi) is 4.11. The molecule has 1 saturated carbocycles. The molecule has 2 unspecified atom stereocenters. The second-order valence-electron chi connectivity index (χ2n) is 6.46. The highest BCUT2D eigenvalue weighted by molar-refractivity contribution is 7.13. The van der Waals surface area contributed by atoms with E-state index in [0.717, 1.165) is 24.3 Å². The van der Waals surface area contributed by atoms with Crippen LogP contribution in [0.15, 0.2) is 17.5 Å². The van der Waals surface area contributed by atoms with Crippen molar-refractivity contribution in [2.45, 2.75) is 51.1 Å². The van der Waals surface area contributed by atoms with E-state index in [9.17, 15) is 4.79 Å². The molecule has 122 valence electrons. The van der Waals surface area contributed by atoms with Crippen molar-refractivity contribution in [1.29, 1.82) is 0 Å². The standard InChI is InChI=1S/C16H21N5OS/c22-15(20-9-3-6-12-5-1-2-7-13(12)20)11-21-18-16(17-19-21)14-8-4-10-23-14/h4,8,10,12-13H,1-3,5-7,9,11H2. The summed E-state index contributed by atoms with van der Waals surface area (Å²) in [5.74, 6) is 1.44. The first-order chi connectivity index (χ1) is 11.3. The Bertz CT molecular complexity index is 666. The van der Waals surface area contributed by atoms with Crippen molar-refractivity contribution < 1.29 is 4.79 Å². The second kappa shape index (κ2) is 6.39. The molecule has 7 heteroatoms. The number of likely N-dealkylation sites (tertiary alicyclic amines) is 1. The van der Waals surface area contributed by atoms with Crippen LogP contribution in [0.4, 0.5) is 0 Å². The zero-order chi connectivity index (χ0) is 15.6. The van der Waals surface area contributed by atoms with Crippen molar-refractivity contribution in [3.63, 3.8) is 0 Å². The number of rotatable bonds is 3. The number of carbonyl (C=O) groups excluding carboxylic acids is 1. The molecule has 2 aromatic heterocycles. The zero-order valence-corrected chi connectivity index (χ0v) is 13.9. The van der Waals surface area contributed by atoms with Crippen LogP contribution >= 0.6 is 11.3 Å². The van der Waals surface area contributed by atoms with Crippen molar-refractivity contribution in [3.05, 3.63) is 17.5 Å². The van der Waals surface area contributed by atoms with E-state index in [-0.39, 0.29) is 12.5 Å². The van der Waals surface area contributed by atoms with Crippen LogP contribution < -0.4 is 0 Å². The first-order valence-corrected chi connectivity index (χ1v) is 9.30. The smallest absolute Gasteiger partial charge is 0.246 e. The third-order valence-corrected chi connectivity index (χ3v) is 5.90. The van der Waals surface area contributed by atoms with Gasteiger partial charge in [0.05, 0.1) is 4.88 Å². The Labute approximate surface area is 139 Å². The summed E-state index contributed by atoms with van der Waals surface area (Å²) in [5.41, 5.74) is 0. The average molecular weight is 331 g/mol. The highest BCUT2D eigenvalue weighted by Gasteiger charge is 2.35. The Hall–Kier alpha value is -1.76. The molecule has 2 aliphatic rings. The number of aromatic nitrogens is 4. The van der Waals surface area contributed by atoms with E-state index in [1.54, 1.807) is 11.3 Å². The minimum Gasteiger partial charge on any atom is -0.338 e. The van der Waals surface area contributed by atoms with Crippen molar-refractivity contribution in [3.8, 4) is 10.7 Å². The quantitative estimate of drug-likeness (QED) is 0.867. The minimum absolute atomic E-state index is 0.136. The fourth-order valence-corrected chi connectivity index (χ4v) is 4.61. The molecular weight excluding hydrogens is 310 g/mol. The maximum atomic E-state index is 12.7. The average Bonchev–Trinajstić information content (AvgIpc) is 3.25. The molecule has 23 heavy (non-hydrogen) atoms. The van der Waals surface area contributed by atoms with Crippen LogP contribution in [0.1, 0.15) is 38.5 Å². The van der Waals surface area contributed by atoms with Crippen LogP contribution in [0.2, 0.25) is 0 Å². The normalized spacial score (nSPS) is 24.4. The number of carbonyl (C=O) groups is 1. The summed E-state index contributed by atoms with van der Waals surface area (Å²) < 4.78 is 0. The Morgan fingerprint density at radius 2 is 2.13 bits per heavy atom. The fraction of sp³-hybridized carbons (Fsp3) is 0.625. The summed E-state index contributed by atoms with van der Waals surface area (Å²) in [7, 11) is 0. The first kappa shape index (κ1) is 14.8. The lowest BCUT2D eigenvalue weighted by Gasteiger charge is -2.44. The van der Waals surface area contributed by atoms with Crippen molar-refractivity contribution >= 4 is 17.2 Å². The van der Waals surface area contributed by atoms with Gasteiger partial charge in [0.1, 0.15) is 6.54 Å². The van der Waals surface area contributed by atoms with Gasteiger partial charge in [-0.15, -0.1) is 21.5 Å². The highest BCUT2D eigenvalue weighted by Crippen LogP contribution is 2.35. The molecule has 0 spiro atoms. The Morgan fingerprint density at radius 3 is 3.00 bits per heavy atom. The van der Waals surface area contributed by atoms with Gasteiger partial charge in [-0.3, -0.25) is 4.79 Å². The van der Waals surface area contributed by atoms with E-state index in [1.165, 1.54) is 30.5 Å². The number of hydrogen-bond donors (Lipinski definition) is 0. The van der Waals surface area contributed by atoms with Gasteiger partial charge in [-0.2, -0.15) is 4.80 Å². The SMILES string of the molecule is O=C(Cn1nnc(-c2cccs2)n1)N1CCCC2CCCCC21. The zero-order valence-electron chi connectivity index (χ0n) is 13.1. The van der Waals surface area contributed by atoms with Gasteiger partial charge in [0.25, 0.3) is 0 Å². The fourth-order valence-electron chi connectivity index (χ4n) is 3.96. The van der Waals surface area contributed by atoms with E-state index in [1.807, 2.05) is 17.5 Å². The summed E-state index contributed by atoms with van der Waals surface area (Å²) in [6, 6.07) is 4.36. The van der Waals surface area contributed by atoms with Gasteiger partial charge in [0.15, 0.2) is 0 Å². The van der Waals surface area contributed by atoms with E-state index >= 15 is 0 Å². The molecule has 3 heterocycles. The van der Waals surface area contributed by atoms with Gasteiger partial charge >= 0.3 is 0 Å². The van der Waals surface area contributed by atoms with Gasteiger partial charge in [-0.25, -0.2) is 0 Å². The molecule has 4 rings (SSSR count). The Morgan fingerprint density at radius 1 is 1.26 bits per heavy atom. The molecule has 1 saturated heterocycles. The van der Waals surface area contributed by atoms with Crippen LogP contribution in [0.25, 0.3) is 10.7 Å². The molecule has 6 nitrogen and oxygen atoms in total. The van der Waals surface area contributed by atoms with Gasteiger partial charge < -0.3 is 4.90 Å². The number of tetrazole rings is 1. The molecule has 2 fully saturated rings. The number of nitrogens with zero attached hydrogens (tertiary/aromatic N) is 5. The number of piperidine rings is 1. The highest BCUT2D eigenvalue weighted by atomic mass is 32.1. The van der Waals surface area contributed by atoms with Crippen LogP contribution in [-0.4, -0.2) is 43.6 Å². The maximum Gasteiger partial charge on any atom is 0.246 e. The van der Waals surface area contributed by atoms with E-state index < -0.39 is 0 Å². The molecule has 0 N–H and O–H groups in total. The molecule has 1 aliphatic heterocycles. The molecule has 2 aromatic rings. The second-order valence-corrected chi connectivity index (χ2v) is 7.41. The predicted molar refractivity (Wildman–Crippen MR) is 87.8 cm³/mol. The van der Waals surface area contributed by atoms with Gasteiger partial charge in [0, 0.05) is 12.6 Å². The predicted octanol–water partition coefficient (Wildman–Crippen LogP) is 2.58. The summed E-state index contributed by atoms with van der Waals surface area (Å²) in [4.78, 5) is 17.2. The number of hydrogen-bond acceptors (Lipinski definition) is 5. The third kappa shape index (κ3) is 3.02. The first-order valence-electron chi connectivity index (χ1n) is 8.42. The molecule has 0 aromatic carbocycles. The van der Waals surface area contributed by atoms with Crippen molar-refractivity contribution in [2.24, 2.45) is 5.92 Å². The molecule has 0 bridgehead atoms.